The number of benzene rings is 2. The summed E-state index contributed by atoms with van der Waals surface area (Å²) in [4.78, 5) is 13.1. The number of nitrogens with one attached hydrogen (secondary N) is 2. The first-order valence-corrected chi connectivity index (χ1v) is 10.6. The van der Waals surface area contributed by atoms with Crippen LogP contribution < -0.4 is 15.5 Å². The van der Waals surface area contributed by atoms with Crippen molar-refractivity contribution in [1.29, 1.82) is 0 Å². The Morgan fingerprint density at radius 2 is 2.00 bits per heavy atom. The number of rotatable bonds is 6. The Balaban J connectivity index is 1.67. The average Bonchev–Trinajstić information content (AvgIpc) is 3.16. The van der Waals surface area contributed by atoms with Crippen LogP contribution in [0.4, 0.5) is 10.1 Å². The second-order valence-corrected chi connectivity index (χ2v) is 7.98. The molecule has 0 aliphatic carbocycles. The molecule has 0 spiro atoms. The number of halogens is 1. The molecule has 156 valence electrons. The zero-order valence-electron chi connectivity index (χ0n) is 16.6. The van der Waals surface area contributed by atoms with E-state index in [0.717, 1.165) is 30.0 Å². The first-order valence-electron chi connectivity index (χ1n) is 9.67. The van der Waals surface area contributed by atoms with Crippen molar-refractivity contribution >= 4 is 23.4 Å². The summed E-state index contributed by atoms with van der Waals surface area (Å²) in [7, 11) is 1.61. The molecule has 7 nitrogen and oxygen atoms in total. The van der Waals surface area contributed by atoms with Gasteiger partial charge in [0.25, 0.3) is 0 Å². The van der Waals surface area contributed by atoms with Gasteiger partial charge in [0.2, 0.25) is 11.1 Å². The van der Waals surface area contributed by atoms with E-state index < -0.39 is 11.1 Å². The summed E-state index contributed by atoms with van der Waals surface area (Å²) in [6.07, 6.45) is 1.69. The molecule has 2 aromatic carbocycles. The Bertz CT molecular complexity index is 1040. The molecule has 0 radical (unpaired) electrons. The van der Waals surface area contributed by atoms with Crippen molar-refractivity contribution in [3.05, 3.63) is 65.7 Å². The molecule has 1 aromatic heterocycles. The number of thioether (sulfide) groups is 1. The van der Waals surface area contributed by atoms with Gasteiger partial charge in [-0.05, 0) is 36.2 Å². The number of para-hydroxylation sites is 1. The van der Waals surface area contributed by atoms with Gasteiger partial charge < -0.3 is 15.5 Å². The standard InChI is InChI=1S/C21H22FN5O2S/c1-3-6-17-24-25-21-27(17)26-18(13-9-11-14(29-2)12-10-13)19(30-21)20(28)23-16-8-5-4-7-15(16)22/h4-5,7-12,18-19,26H,3,6H2,1-2H3,(H,23,28). The predicted octanol–water partition coefficient (Wildman–Crippen LogP) is 3.78. The summed E-state index contributed by atoms with van der Waals surface area (Å²) in [5, 5.41) is 11.2. The van der Waals surface area contributed by atoms with Crippen LogP contribution in [0, 0.1) is 5.82 Å². The van der Waals surface area contributed by atoms with Gasteiger partial charge in [-0.25, -0.2) is 9.07 Å². The highest BCUT2D eigenvalue weighted by Crippen LogP contribution is 2.38. The molecule has 2 heterocycles. The summed E-state index contributed by atoms with van der Waals surface area (Å²) in [5.41, 5.74) is 4.44. The van der Waals surface area contributed by atoms with Gasteiger partial charge in [-0.1, -0.05) is 43.0 Å². The molecule has 0 bridgehead atoms. The lowest BCUT2D eigenvalue weighted by Crippen LogP contribution is -2.41. The molecule has 0 fully saturated rings. The Morgan fingerprint density at radius 1 is 1.23 bits per heavy atom. The molecule has 9 heteroatoms. The van der Waals surface area contributed by atoms with Crippen LogP contribution in [0.1, 0.15) is 30.8 Å². The van der Waals surface area contributed by atoms with E-state index >= 15 is 0 Å². The summed E-state index contributed by atoms with van der Waals surface area (Å²) in [6.45, 7) is 2.07. The number of hydrogen-bond acceptors (Lipinski definition) is 6. The minimum absolute atomic E-state index is 0.148. The van der Waals surface area contributed by atoms with Gasteiger partial charge in [-0.2, -0.15) is 0 Å². The molecular formula is C21H22FN5O2S. The van der Waals surface area contributed by atoms with Crippen molar-refractivity contribution < 1.29 is 13.9 Å². The van der Waals surface area contributed by atoms with E-state index in [1.165, 1.54) is 17.8 Å². The highest BCUT2D eigenvalue weighted by Gasteiger charge is 2.38. The molecule has 1 amide bonds. The number of aryl methyl sites for hydroxylation is 1. The van der Waals surface area contributed by atoms with Crippen molar-refractivity contribution in [1.82, 2.24) is 14.9 Å². The number of nitrogens with zero attached hydrogens (tertiary/aromatic N) is 3. The van der Waals surface area contributed by atoms with Crippen molar-refractivity contribution in [2.24, 2.45) is 0 Å². The lowest BCUT2D eigenvalue weighted by molar-refractivity contribution is -0.116. The van der Waals surface area contributed by atoms with Gasteiger partial charge in [0.15, 0.2) is 5.82 Å². The van der Waals surface area contributed by atoms with Crippen molar-refractivity contribution in [2.75, 3.05) is 17.9 Å². The van der Waals surface area contributed by atoms with Gasteiger partial charge in [-0.15, -0.1) is 10.2 Å². The lowest BCUT2D eigenvalue weighted by Gasteiger charge is -2.33. The maximum Gasteiger partial charge on any atom is 0.240 e. The molecule has 2 N–H and O–H groups in total. The van der Waals surface area contributed by atoms with Crippen LogP contribution in [0.3, 0.4) is 0 Å². The third kappa shape index (κ3) is 3.97. The third-order valence-electron chi connectivity index (χ3n) is 4.84. The maximum absolute atomic E-state index is 14.1. The molecule has 2 atom stereocenters. The zero-order valence-corrected chi connectivity index (χ0v) is 17.4. The number of amides is 1. The number of aromatic nitrogens is 3. The zero-order chi connectivity index (χ0) is 21.1. The minimum atomic E-state index is -0.579. The van der Waals surface area contributed by atoms with E-state index in [1.54, 1.807) is 25.3 Å². The summed E-state index contributed by atoms with van der Waals surface area (Å²) < 4.78 is 21.2. The fourth-order valence-electron chi connectivity index (χ4n) is 3.31. The number of hydrogen-bond donors (Lipinski definition) is 2. The number of anilines is 1. The van der Waals surface area contributed by atoms with Crippen LogP contribution in [0.15, 0.2) is 53.7 Å². The highest BCUT2D eigenvalue weighted by molar-refractivity contribution is 8.00. The summed E-state index contributed by atoms with van der Waals surface area (Å²) >= 11 is 1.31. The molecule has 0 saturated carbocycles. The van der Waals surface area contributed by atoms with Gasteiger partial charge in [0.05, 0.1) is 18.8 Å². The van der Waals surface area contributed by atoms with E-state index in [4.69, 9.17) is 4.74 Å². The van der Waals surface area contributed by atoms with Crippen molar-refractivity contribution in [3.63, 3.8) is 0 Å². The smallest absolute Gasteiger partial charge is 0.240 e. The van der Waals surface area contributed by atoms with E-state index in [0.29, 0.717) is 5.16 Å². The average molecular weight is 428 g/mol. The Hall–Kier alpha value is -3.07. The molecule has 1 aliphatic heterocycles. The molecule has 1 aliphatic rings. The number of ether oxygens (including phenoxy) is 1. The molecule has 3 aromatic rings. The van der Waals surface area contributed by atoms with Crippen LogP contribution in [-0.2, 0) is 11.2 Å². The van der Waals surface area contributed by atoms with Gasteiger partial charge >= 0.3 is 0 Å². The summed E-state index contributed by atoms with van der Waals surface area (Å²) in [5.74, 6) is 0.747. The number of methoxy groups -OCH3 is 1. The Morgan fingerprint density at radius 3 is 2.70 bits per heavy atom. The van der Waals surface area contributed by atoms with E-state index in [9.17, 15) is 9.18 Å². The topological polar surface area (TPSA) is 81.1 Å². The van der Waals surface area contributed by atoms with Crippen LogP contribution in [-0.4, -0.2) is 33.1 Å². The van der Waals surface area contributed by atoms with E-state index in [-0.39, 0.29) is 17.6 Å². The fraction of sp³-hybridized carbons (Fsp3) is 0.286. The molecule has 30 heavy (non-hydrogen) atoms. The van der Waals surface area contributed by atoms with Crippen molar-refractivity contribution in [3.8, 4) is 5.75 Å². The highest BCUT2D eigenvalue weighted by atomic mass is 32.2. The molecular weight excluding hydrogens is 405 g/mol. The van der Waals surface area contributed by atoms with Gasteiger partial charge in [0.1, 0.15) is 16.8 Å². The number of fused-ring (bicyclic) bond motifs is 1. The second kappa shape index (κ2) is 8.74. The largest absolute Gasteiger partial charge is 0.497 e. The molecule has 0 saturated heterocycles. The SMILES string of the molecule is CCCc1nnc2n1NC(c1ccc(OC)cc1)C(C(=O)Nc1ccccc1F)S2. The number of carbonyl (C=O) groups excluding carboxylic acids is 1. The van der Waals surface area contributed by atoms with Gasteiger partial charge in [0, 0.05) is 6.42 Å². The van der Waals surface area contributed by atoms with Crippen LogP contribution in [0.2, 0.25) is 0 Å². The first kappa shape index (κ1) is 20.2. The van der Waals surface area contributed by atoms with Crippen LogP contribution >= 0.6 is 11.8 Å². The predicted molar refractivity (Wildman–Crippen MR) is 114 cm³/mol. The van der Waals surface area contributed by atoms with Crippen molar-refractivity contribution in [2.45, 2.75) is 36.2 Å². The van der Waals surface area contributed by atoms with Crippen LogP contribution in [0.5, 0.6) is 5.75 Å². The quantitative estimate of drug-likeness (QED) is 0.623. The molecule has 4 rings (SSSR count). The number of carbonyl (C=O) groups is 1. The fourth-order valence-corrected chi connectivity index (χ4v) is 4.41. The monoisotopic (exact) mass is 427 g/mol. The van der Waals surface area contributed by atoms with E-state index in [1.807, 2.05) is 28.9 Å². The first-order chi connectivity index (χ1) is 14.6. The second-order valence-electron chi connectivity index (χ2n) is 6.87. The third-order valence-corrected chi connectivity index (χ3v) is 6.06. The minimum Gasteiger partial charge on any atom is -0.497 e. The normalized spacial score (nSPS) is 17.7. The Labute approximate surface area is 178 Å². The van der Waals surface area contributed by atoms with E-state index in [2.05, 4.69) is 27.9 Å². The summed E-state index contributed by atoms with van der Waals surface area (Å²) in [6, 6.07) is 13.3. The lowest BCUT2D eigenvalue weighted by atomic mass is 10.0. The molecule has 2 unspecified atom stereocenters. The Kier molecular flexibility index (Phi) is 5.89. The van der Waals surface area contributed by atoms with Crippen LogP contribution in [0.25, 0.3) is 0 Å². The maximum atomic E-state index is 14.1. The van der Waals surface area contributed by atoms with Gasteiger partial charge in [-0.3, -0.25) is 4.79 Å².